The Morgan fingerprint density at radius 1 is 0.667 bits per heavy atom. The molecule has 0 aromatic heterocycles. The second kappa shape index (κ2) is 8.72. The fraction of sp³-hybridized carbons (Fsp3) is 0.632. The molecule has 0 radical (unpaired) electrons. The molecule has 42 heavy (non-hydrogen) atoms. The molecular weight excluding hydrogens is 594 g/mol. The van der Waals surface area contributed by atoms with E-state index in [-0.39, 0.29) is 0 Å². The molecule has 240 valence electrons. The third kappa shape index (κ3) is 3.41. The Balaban J connectivity index is 2.55. The lowest BCUT2D eigenvalue weighted by molar-refractivity contribution is -0.558. The van der Waals surface area contributed by atoms with Crippen LogP contribution in [0.1, 0.15) is 11.1 Å². The van der Waals surface area contributed by atoms with Gasteiger partial charge in [0.15, 0.2) is 17.1 Å². The number of hydrogen-bond donors (Lipinski definition) is 19. The zero-order chi connectivity index (χ0) is 33.2. The van der Waals surface area contributed by atoms with Crippen LogP contribution in [0, 0.1) is 0 Å². The topological polar surface area (TPSA) is 423 Å². The second-order valence-corrected chi connectivity index (χ2v) is 9.59. The molecule has 0 spiro atoms. The van der Waals surface area contributed by atoms with Gasteiger partial charge in [0.05, 0.1) is 25.3 Å². The first kappa shape index (κ1) is 33.9. The summed E-state index contributed by atoms with van der Waals surface area (Å²) in [6, 6.07) is 0. The standard InChI is InChI=1S/C19H27NO22/c1-41-8-6(21)4-5(7(22)9(8)42-2)13(26,27)17(33,34)20-3-11(24,10(23)14(28,29)12(4,20)25)16(31,32)15(30,18(35,36)37)19(38,39)40/h21-22,24-40H,3H2,1-2H3. The molecular formula is C19H27NO22. The first-order valence-electron chi connectivity index (χ1n) is 10.8. The van der Waals surface area contributed by atoms with Crippen LogP contribution in [-0.4, -0.2) is 169 Å². The van der Waals surface area contributed by atoms with Crippen molar-refractivity contribution in [3.05, 3.63) is 11.1 Å². The summed E-state index contributed by atoms with van der Waals surface area (Å²) in [5.74, 6) is -39.6. The van der Waals surface area contributed by atoms with E-state index in [0.717, 1.165) is 14.2 Å². The average Bonchev–Trinajstić information content (AvgIpc) is 2.82. The molecule has 2 atom stereocenters. The number of benzene rings is 1. The van der Waals surface area contributed by atoms with Crippen LogP contribution < -0.4 is 9.47 Å². The Kier molecular flexibility index (Phi) is 7.04. The van der Waals surface area contributed by atoms with Gasteiger partial charge in [-0.2, -0.15) is 0 Å². The molecule has 2 heterocycles. The fourth-order valence-corrected chi connectivity index (χ4v) is 5.05. The summed E-state index contributed by atoms with van der Waals surface area (Å²) < 4.78 is 9.45. The summed E-state index contributed by atoms with van der Waals surface area (Å²) in [5.41, 5.74) is -19.0. The number of aliphatic hydroxyl groups is 17. The molecule has 3 rings (SSSR count). The Bertz CT molecular complexity index is 1290. The van der Waals surface area contributed by atoms with E-state index in [9.17, 15) is 102 Å². The van der Waals surface area contributed by atoms with Gasteiger partial charge in [-0.1, -0.05) is 0 Å². The molecule has 23 heteroatoms. The molecule has 1 saturated heterocycles. The van der Waals surface area contributed by atoms with E-state index in [1.165, 1.54) is 0 Å². The quantitative estimate of drug-likeness (QED) is 0.103. The number of phenolic OH excluding ortho intramolecular Hbond substituents is 2. The Hall–Kier alpha value is -2.63. The van der Waals surface area contributed by atoms with Crippen LogP contribution >= 0.6 is 0 Å². The highest BCUT2D eigenvalue weighted by Gasteiger charge is 2.87. The molecule has 0 amide bonds. The van der Waals surface area contributed by atoms with Crippen LogP contribution in [0.5, 0.6) is 23.0 Å². The summed E-state index contributed by atoms with van der Waals surface area (Å²) in [4.78, 5) is 12.2. The number of piperidine rings is 1. The third-order valence-electron chi connectivity index (χ3n) is 7.32. The number of Topliss-reactive ketones (excluding diaryl/α,β-unsaturated/α-hetero) is 1. The highest BCUT2D eigenvalue weighted by molar-refractivity contribution is 5.97. The monoisotopic (exact) mass is 621 g/mol. The van der Waals surface area contributed by atoms with Gasteiger partial charge >= 0.3 is 11.9 Å². The van der Waals surface area contributed by atoms with E-state index in [1.807, 2.05) is 0 Å². The van der Waals surface area contributed by atoms with Crippen molar-refractivity contribution >= 4 is 5.78 Å². The number of fused-ring (bicyclic) bond motifs is 3. The van der Waals surface area contributed by atoms with Gasteiger partial charge in [-0.25, -0.2) is 4.90 Å². The lowest BCUT2D eigenvalue weighted by Crippen LogP contribution is -2.92. The minimum Gasteiger partial charge on any atom is -0.504 e. The van der Waals surface area contributed by atoms with E-state index in [0.29, 0.717) is 0 Å². The lowest BCUT2D eigenvalue weighted by atomic mass is 9.64. The number of ether oxygens (including phenoxy) is 2. The van der Waals surface area contributed by atoms with Gasteiger partial charge in [-0.05, 0) is 0 Å². The van der Waals surface area contributed by atoms with Gasteiger partial charge in [-0.15, -0.1) is 0 Å². The Morgan fingerprint density at radius 3 is 1.40 bits per heavy atom. The molecule has 2 aliphatic rings. The predicted octanol–water partition coefficient (Wildman–Crippen LogP) is -11.0. The van der Waals surface area contributed by atoms with Crippen LogP contribution in [0.15, 0.2) is 0 Å². The smallest absolute Gasteiger partial charge is 0.320 e. The number of rotatable bonds is 6. The zero-order valence-electron chi connectivity index (χ0n) is 20.9. The third-order valence-corrected chi connectivity index (χ3v) is 7.32. The van der Waals surface area contributed by atoms with Crippen LogP contribution in [0.4, 0.5) is 0 Å². The Morgan fingerprint density at radius 2 is 1.05 bits per heavy atom. The SMILES string of the molecule is COc1c(O)c2c(c(O)c1OC)C1(O)N(CC(O)(C(O)(O)C(O)(C(O)(O)O)C(O)(O)O)C(=O)C1(O)O)C(O)(O)C2(O)O. The molecule has 0 aliphatic carbocycles. The maximum Gasteiger partial charge on any atom is 0.320 e. The van der Waals surface area contributed by atoms with Crippen molar-refractivity contribution < 1.29 is 111 Å². The number of carbonyl (C=O) groups is 1. The van der Waals surface area contributed by atoms with E-state index in [4.69, 9.17) is 9.47 Å². The van der Waals surface area contributed by atoms with Crippen molar-refractivity contribution in [2.45, 2.75) is 52.1 Å². The van der Waals surface area contributed by atoms with E-state index >= 15 is 0 Å². The summed E-state index contributed by atoms with van der Waals surface area (Å²) in [6.07, 6.45) is 0. The van der Waals surface area contributed by atoms with Crippen LogP contribution in [-0.2, 0) is 16.3 Å². The van der Waals surface area contributed by atoms with E-state index in [2.05, 4.69) is 0 Å². The molecule has 23 nitrogen and oxygen atoms in total. The van der Waals surface area contributed by atoms with Crippen molar-refractivity contribution in [1.29, 1.82) is 0 Å². The molecule has 2 aliphatic heterocycles. The summed E-state index contributed by atoms with van der Waals surface area (Å²) in [7, 11) is 1.53. The molecule has 1 fully saturated rings. The summed E-state index contributed by atoms with van der Waals surface area (Å²) >= 11 is 0. The van der Waals surface area contributed by atoms with Crippen molar-refractivity contribution in [3.8, 4) is 23.0 Å². The first-order valence-corrected chi connectivity index (χ1v) is 10.8. The molecule has 2 unspecified atom stereocenters. The highest BCUT2D eigenvalue weighted by Crippen LogP contribution is 2.64. The van der Waals surface area contributed by atoms with Crippen molar-refractivity contribution in [2.24, 2.45) is 0 Å². The van der Waals surface area contributed by atoms with Gasteiger partial charge in [0.1, 0.15) is 0 Å². The van der Waals surface area contributed by atoms with Crippen molar-refractivity contribution in [1.82, 2.24) is 4.90 Å². The van der Waals surface area contributed by atoms with Crippen molar-refractivity contribution in [3.63, 3.8) is 0 Å². The second-order valence-electron chi connectivity index (χ2n) is 9.59. The summed E-state index contributed by atoms with van der Waals surface area (Å²) in [5, 5.41) is 196. The average molecular weight is 621 g/mol. The summed E-state index contributed by atoms with van der Waals surface area (Å²) in [6.45, 7) is -2.67. The molecule has 1 aromatic rings. The number of nitrogens with zero attached hydrogens (tertiary/aromatic N) is 1. The molecule has 1 aromatic carbocycles. The van der Waals surface area contributed by atoms with E-state index < -0.39 is 103 Å². The van der Waals surface area contributed by atoms with E-state index in [1.54, 1.807) is 0 Å². The lowest BCUT2D eigenvalue weighted by Gasteiger charge is -2.63. The maximum absolute atomic E-state index is 13.3. The maximum atomic E-state index is 13.3. The number of ketones is 1. The number of carbonyl (C=O) groups excluding carboxylic acids is 1. The van der Waals surface area contributed by atoms with Gasteiger partial charge in [0, 0.05) is 6.54 Å². The normalized spacial score (nSPS) is 27.7. The molecule has 0 bridgehead atoms. The minimum atomic E-state index is -5.66. The fourth-order valence-electron chi connectivity index (χ4n) is 5.05. The van der Waals surface area contributed by atoms with Crippen LogP contribution in [0.25, 0.3) is 0 Å². The number of phenols is 2. The Labute approximate surface area is 229 Å². The number of aromatic hydroxyl groups is 2. The van der Waals surface area contributed by atoms with Gasteiger partial charge in [-0.3, -0.25) is 4.79 Å². The number of methoxy groups -OCH3 is 2. The predicted molar refractivity (Wildman–Crippen MR) is 115 cm³/mol. The molecule has 19 N–H and O–H groups in total. The van der Waals surface area contributed by atoms with Gasteiger partial charge in [0.2, 0.25) is 28.8 Å². The largest absolute Gasteiger partial charge is 0.504 e. The first-order chi connectivity index (χ1) is 18.5. The number of hydrogen-bond acceptors (Lipinski definition) is 23. The van der Waals surface area contributed by atoms with Gasteiger partial charge < -0.3 is 106 Å². The van der Waals surface area contributed by atoms with Crippen molar-refractivity contribution in [2.75, 3.05) is 20.8 Å². The van der Waals surface area contributed by atoms with Crippen LogP contribution in [0.2, 0.25) is 0 Å². The highest BCUT2D eigenvalue weighted by atomic mass is 16.8. The molecule has 0 saturated carbocycles. The zero-order valence-corrected chi connectivity index (χ0v) is 20.9. The van der Waals surface area contributed by atoms with Gasteiger partial charge in [0.25, 0.3) is 23.1 Å². The van der Waals surface area contributed by atoms with Crippen LogP contribution in [0.3, 0.4) is 0 Å². The minimum absolute atomic E-state index is 0.750.